The van der Waals surface area contributed by atoms with Crippen LogP contribution in [0.2, 0.25) is 0 Å². The van der Waals surface area contributed by atoms with Crippen LogP contribution >= 0.6 is 0 Å². The first-order valence-electron chi connectivity index (χ1n) is 7.76. The van der Waals surface area contributed by atoms with Crippen LogP contribution in [0.25, 0.3) is 10.9 Å². The third-order valence-electron chi connectivity index (χ3n) is 3.94. The minimum atomic E-state index is 0.958. The van der Waals surface area contributed by atoms with Crippen LogP contribution in [0.1, 0.15) is 18.9 Å². The number of nitrogens with one attached hydrogen (secondary N) is 1. The monoisotopic (exact) mass is 281 g/mol. The van der Waals surface area contributed by atoms with Crippen LogP contribution in [0, 0.1) is 0 Å². The van der Waals surface area contributed by atoms with Crippen LogP contribution in [0.5, 0.6) is 0 Å². The van der Waals surface area contributed by atoms with Crippen molar-refractivity contribution in [3.63, 3.8) is 0 Å². The third kappa shape index (κ3) is 3.37. The average Bonchev–Trinajstić information content (AvgIpc) is 3.14. The van der Waals surface area contributed by atoms with Crippen LogP contribution in [0.4, 0.5) is 0 Å². The Balaban J connectivity index is 1.44. The van der Waals surface area contributed by atoms with Gasteiger partial charge in [-0.15, -0.1) is 0 Å². The number of hydrogen-bond donors (Lipinski definition) is 1. The van der Waals surface area contributed by atoms with E-state index in [1.165, 1.54) is 16.5 Å². The van der Waals surface area contributed by atoms with Crippen LogP contribution < -0.4 is 5.32 Å². The summed E-state index contributed by atoms with van der Waals surface area (Å²) in [7, 11) is 0. The van der Waals surface area contributed by atoms with Gasteiger partial charge in [0.15, 0.2) is 0 Å². The summed E-state index contributed by atoms with van der Waals surface area (Å²) < 4.78 is 4.55. The van der Waals surface area contributed by atoms with Crippen molar-refractivity contribution in [2.75, 3.05) is 6.54 Å². The number of nitrogens with zero attached hydrogens (tertiary/aromatic N) is 2. The van der Waals surface area contributed by atoms with E-state index in [9.17, 15) is 0 Å². The Hall–Kier alpha value is -2.00. The molecular formula is C18H23N3. The van der Waals surface area contributed by atoms with Gasteiger partial charge >= 0.3 is 0 Å². The molecule has 110 valence electrons. The Morgan fingerprint density at radius 3 is 2.81 bits per heavy atom. The Morgan fingerprint density at radius 2 is 1.95 bits per heavy atom. The summed E-state index contributed by atoms with van der Waals surface area (Å²) in [4.78, 5) is 0. The highest BCUT2D eigenvalue weighted by atomic mass is 15.0. The first-order chi connectivity index (χ1) is 10.4. The lowest BCUT2D eigenvalue weighted by molar-refractivity contribution is 0.590. The van der Waals surface area contributed by atoms with Gasteiger partial charge in [-0.1, -0.05) is 18.2 Å². The maximum absolute atomic E-state index is 3.52. The van der Waals surface area contributed by atoms with E-state index in [0.717, 1.165) is 32.6 Å². The van der Waals surface area contributed by atoms with Gasteiger partial charge in [-0.3, -0.25) is 0 Å². The topological polar surface area (TPSA) is 21.9 Å². The van der Waals surface area contributed by atoms with Gasteiger partial charge in [-0.2, -0.15) is 0 Å². The van der Waals surface area contributed by atoms with Crippen LogP contribution in [0.3, 0.4) is 0 Å². The molecule has 0 fully saturated rings. The Kier molecular flexibility index (Phi) is 4.41. The summed E-state index contributed by atoms with van der Waals surface area (Å²) in [6.07, 6.45) is 7.69. The largest absolute Gasteiger partial charge is 0.354 e. The Bertz CT molecular complexity index is 693. The normalized spacial score (nSPS) is 11.3. The molecule has 0 saturated heterocycles. The number of fused-ring (bicyclic) bond motifs is 1. The van der Waals surface area contributed by atoms with Crippen molar-refractivity contribution >= 4 is 10.9 Å². The number of hydrogen-bond acceptors (Lipinski definition) is 1. The molecule has 3 heteroatoms. The third-order valence-corrected chi connectivity index (χ3v) is 3.94. The number of benzene rings is 1. The van der Waals surface area contributed by atoms with Gasteiger partial charge in [-0.25, -0.2) is 0 Å². The molecule has 3 nitrogen and oxygen atoms in total. The van der Waals surface area contributed by atoms with Gasteiger partial charge in [0.25, 0.3) is 0 Å². The second kappa shape index (κ2) is 6.64. The van der Waals surface area contributed by atoms with E-state index in [1.807, 2.05) is 0 Å². The minimum Gasteiger partial charge on any atom is -0.354 e. The van der Waals surface area contributed by atoms with E-state index >= 15 is 0 Å². The number of aryl methyl sites for hydroxylation is 2. The second-order valence-electron chi connectivity index (χ2n) is 5.45. The Labute approximate surface area is 126 Å². The lowest BCUT2D eigenvalue weighted by Crippen LogP contribution is -2.16. The predicted molar refractivity (Wildman–Crippen MR) is 88.4 cm³/mol. The predicted octanol–water partition coefficient (Wildman–Crippen LogP) is 3.64. The first-order valence-corrected chi connectivity index (χ1v) is 7.76. The molecule has 0 aliphatic heterocycles. The van der Waals surface area contributed by atoms with Crippen molar-refractivity contribution in [3.05, 3.63) is 60.6 Å². The summed E-state index contributed by atoms with van der Waals surface area (Å²) in [5, 5.41) is 4.85. The lowest BCUT2D eigenvalue weighted by atomic mass is 10.2. The van der Waals surface area contributed by atoms with E-state index in [-0.39, 0.29) is 0 Å². The fraction of sp³-hybridized carbons (Fsp3) is 0.333. The molecule has 3 rings (SSSR count). The maximum Gasteiger partial charge on any atom is 0.0480 e. The molecule has 0 saturated carbocycles. The summed E-state index contributed by atoms with van der Waals surface area (Å²) in [6, 6.07) is 12.9. The van der Waals surface area contributed by atoms with Gasteiger partial charge in [0.1, 0.15) is 0 Å². The lowest BCUT2D eigenvalue weighted by Gasteiger charge is -2.06. The summed E-state index contributed by atoms with van der Waals surface area (Å²) in [6.45, 7) is 6.28. The highest BCUT2D eigenvalue weighted by molar-refractivity contribution is 5.79. The zero-order valence-electron chi connectivity index (χ0n) is 12.6. The smallest absolute Gasteiger partial charge is 0.0480 e. The molecule has 21 heavy (non-hydrogen) atoms. The molecule has 0 aliphatic carbocycles. The zero-order chi connectivity index (χ0) is 14.5. The van der Waals surface area contributed by atoms with E-state index in [1.54, 1.807) is 0 Å². The van der Waals surface area contributed by atoms with Crippen molar-refractivity contribution in [1.29, 1.82) is 0 Å². The molecule has 0 spiro atoms. The number of rotatable bonds is 7. The summed E-state index contributed by atoms with van der Waals surface area (Å²) in [5.74, 6) is 0. The highest BCUT2D eigenvalue weighted by Crippen LogP contribution is 2.15. The van der Waals surface area contributed by atoms with Gasteiger partial charge in [0.2, 0.25) is 0 Å². The van der Waals surface area contributed by atoms with E-state index in [4.69, 9.17) is 0 Å². The first kappa shape index (κ1) is 14.0. The highest BCUT2D eigenvalue weighted by Gasteiger charge is 1.99. The summed E-state index contributed by atoms with van der Waals surface area (Å²) >= 11 is 0. The second-order valence-corrected chi connectivity index (χ2v) is 5.45. The SMILES string of the molecule is CCn1ccc(CNCCCn2ccc3ccccc32)c1. The van der Waals surface area contributed by atoms with Gasteiger partial charge < -0.3 is 14.5 Å². The average molecular weight is 281 g/mol. The Morgan fingerprint density at radius 1 is 1.05 bits per heavy atom. The van der Waals surface area contributed by atoms with Gasteiger partial charge in [0.05, 0.1) is 0 Å². The fourth-order valence-electron chi connectivity index (χ4n) is 2.73. The molecule has 0 radical (unpaired) electrons. The van der Waals surface area contributed by atoms with E-state index in [2.05, 4.69) is 76.4 Å². The number of para-hydroxylation sites is 1. The molecule has 0 aliphatic rings. The van der Waals surface area contributed by atoms with E-state index in [0.29, 0.717) is 0 Å². The quantitative estimate of drug-likeness (QED) is 0.656. The molecule has 0 bridgehead atoms. The molecule has 3 aromatic rings. The van der Waals surface area contributed by atoms with Crippen molar-refractivity contribution in [3.8, 4) is 0 Å². The van der Waals surface area contributed by atoms with Crippen molar-refractivity contribution in [1.82, 2.24) is 14.5 Å². The zero-order valence-corrected chi connectivity index (χ0v) is 12.6. The fourth-order valence-corrected chi connectivity index (χ4v) is 2.73. The standard InChI is InChI=1S/C18H23N3/c1-2-20-12-8-16(15-20)14-19-10-5-11-21-13-9-17-6-3-4-7-18(17)21/h3-4,6-9,12-13,15,19H,2,5,10-11,14H2,1H3. The number of aromatic nitrogens is 2. The van der Waals surface area contributed by atoms with Crippen molar-refractivity contribution < 1.29 is 0 Å². The van der Waals surface area contributed by atoms with Crippen LogP contribution in [-0.4, -0.2) is 15.7 Å². The molecule has 2 heterocycles. The van der Waals surface area contributed by atoms with Crippen LogP contribution in [-0.2, 0) is 19.6 Å². The van der Waals surface area contributed by atoms with Gasteiger partial charge in [-0.05, 0) is 49.0 Å². The van der Waals surface area contributed by atoms with Crippen molar-refractivity contribution in [2.24, 2.45) is 0 Å². The molecular weight excluding hydrogens is 258 g/mol. The minimum absolute atomic E-state index is 0.958. The molecule has 0 atom stereocenters. The summed E-state index contributed by atoms with van der Waals surface area (Å²) in [5.41, 5.74) is 2.70. The maximum atomic E-state index is 3.52. The molecule has 0 amide bonds. The molecule has 2 aromatic heterocycles. The molecule has 1 N–H and O–H groups in total. The molecule has 0 unspecified atom stereocenters. The van der Waals surface area contributed by atoms with E-state index < -0.39 is 0 Å². The van der Waals surface area contributed by atoms with Crippen LogP contribution in [0.15, 0.2) is 55.0 Å². The van der Waals surface area contributed by atoms with Gasteiger partial charge in [0, 0.05) is 43.7 Å². The molecule has 1 aromatic carbocycles. The van der Waals surface area contributed by atoms with Crippen molar-refractivity contribution in [2.45, 2.75) is 33.0 Å².